The van der Waals surface area contributed by atoms with E-state index >= 15 is 0 Å². The molecule has 1 aromatic heterocycles. The molecular formula is C12H17N. The molecule has 0 radical (unpaired) electrons. The molecular weight excluding hydrogens is 158 g/mol. The maximum atomic E-state index is 3.34. The van der Waals surface area contributed by atoms with Crippen LogP contribution in [0.2, 0.25) is 0 Å². The third kappa shape index (κ3) is 1.69. The topological polar surface area (TPSA) is 15.8 Å². The van der Waals surface area contributed by atoms with Crippen molar-refractivity contribution in [3.05, 3.63) is 29.1 Å². The molecule has 70 valence electrons. The third-order valence-corrected chi connectivity index (χ3v) is 2.59. The molecule has 0 amide bonds. The average molecular weight is 175 g/mol. The van der Waals surface area contributed by atoms with Gasteiger partial charge in [0.25, 0.3) is 0 Å². The molecule has 1 aromatic rings. The van der Waals surface area contributed by atoms with Gasteiger partial charge < -0.3 is 4.98 Å². The number of aromatic nitrogens is 1. The van der Waals surface area contributed by atoms with Gasteiger partial charge in [-0.15, -0.1) is 0 Å². The van der Waals surface area contributed by atoms with E-state index < -0.39 is 0 Å². The number of allylic oxidation sites excluding steroid dienone is 1. The molecule has 0 unspecified atom stereocenters. The van der Waals surface area contributed by atoms with Gasteiger partial charge in [-0.1, -0.05) is 19.9 Å². The summed E-state index contributed by atoms with van der Waals surface area (Å²) in [6, 6.07) is 0. The number of fused-ring (bicyclic) bond motifs is 1. The van der Waals surface area contributed by atoms with E-state index in [9.17, 15) is 0 Å². The van der Waals surface area contributed by atoms with Crippen molar-refractivity contribution in [2.45, 2.75) is 33.1 Å². The van der Waals surface area contributed by atoms with E-state index in [0.717, 1.165) is 5.92 Å². The monoisotopic (exact) mass is 175 g/mol. The van der Waals surface area contributed by atoms with Gasteiger partial charge in [-0.25, -0.2) is 0 Å². The third-order valence-electron chi connectivity index (χ3n) is 2.59. The summed E-state index contributed by atoms with van der Waals surface area (Å²) in [6.07, 6.45) is 10.3. The first-order valence-corrected chi connectivity index (χ1v) is 5.13. The molecule has 2 rings (SSSR count). The molecule has 13 heavy (non-hydrogen) atoms. The molecule has 0 fully saturated rings. The molecule has 0 spiro atoms. The number of rotatable bonds is 2. The van der Waals surface area contributed by atoms with E-state index in [0.29, 0.717) is 0 Å². The summed E-state index contributed by atoms with van der Waals surface area (Å²) in [4.78, 5) is 3.34. The summed E-state index contributed by atoms with van der Waals surface area (Å²) in [6.45, 7) is 4.55. The first-order chi connectivity index (χ1) is 6.27. The van der Waals surface area contributed by atoms with Gasteiger partial charge in [-0.2, -0.15) is 0 Å². The fraction of sp³-hybridized carbons (Fsp3) is 0.500. The Morgan fingerprint density at radius 3 is 3.08 bits per heavy atom. The highest BCUT2D eigenvalue weighted by Crippen LogP contribution is 2.23. The summed E-state index contributed by atoms with van der Waals surface area (Å²) in [5.74, 6) is 0.755. The summed E-state index contributed by atoms with van der Waals surface area (Å²) in [7, 11) is 0. The van der Waals surface area contributed by atoms with Crippen LogP contribution in [0.4, 0.5) is 0 Å². The van der Waals surface area contributed by atoms with Crippen LogP contribution in [-0.4, -0.2) is 4.98 Å². The Labute approximate surface area is 79.9 Å². The molecule has 0 aliphatic heterocycles. The average Bonchev–Trinajstić information content (AvgIpc) is 2.48. The van der Waals surface area contributed by atoms with E-state index in [2.05, 4.69) is 37.2 Å². The quantitative estimate of drug-likeness (QED) is 0.710. The lowest BCUT2D eigenvalue weighted by atomic mass is 9.95. The standard InChI is InChI=1S/C12H17N/c1-9(2)7-10-8-13-12-6-4-3-5-11(10)12/h4,6,8-9,13H,3,5,7H2,1-2H3. The van der Waals surface area contributed by atoms with E-state index in [1.54, 1.807) is 5.56 Å². The van der Waals surface area contributed by atoms with Crippen molar-refractivity contribution in [2.24, 2.45) is 5.92 Å². The van der Waals surface area contributed by atoms with Gasteiger partial charge >= 0.3 is 0 Å². The molecule has 1 aliphatic rings. The predicted molar refractivity (Wildman–Crippen MR) is 56.7 cm³/mol. The van der Waals surface area contributed by atoms with E-state index in [1.165, 1.54) is 30.5 Å². The maximum Gasteiger partial charge on any atom is 0.0412 e. The highest BCUT2D eigenvalue weighted by molar-refractivity contribution is 5.55. The van der Waals surface area contributed by atoms with Crippen molar-refractivity contribution in [1.82, 2.24) is 4.98 Å². The second kappa shape index (κ2) is 3.41. The Hall–Kier alpha value is -0.980. The van der Waals surface area contributed by atoms with Gasteiger partial charge in [-0.3, -0.25) is 0 Å². The van der Waals surface area contributed by atoms with Crippen molar-refractivity contribution in [3.63, 3.8) is 0 Å². The van der Waals surface area contributed by atoms with Crippen molar-refractivity contribution in [3.8, 4) is 0 Å². The Morgan fingerprint density at radius 2 is 2.31 bits per heavy atom. The molecule has 0 atom stereocenters. The van der Waals surface area contributed by atoms with Crippen LogP contribution in [0.5, 0.6) is 0 Å². The number of hydrogen-bond donors (Lipinski definition) is 1. The maximum absolute atomic E-state index is 3.34. The van der Waals surface area contributed by atoms with Crippen molar-refractivity contribution >= 4 is 6.08 Å². The van der Waals surface area contributed by atoms with E-state index in [1.807, 2.05) is 0 Å². The van der Waals surface area contributed by atoms with Crippen LogP contribution < -0.4 is 0 Å². The molecule has 0 bridgehead atoms. The zero-order valence-electron chi connectivity index (χ0n) is 8.43. The number of hydrogen-bond acceptors (Lipinski definition) is 0. The molecule has 1 N–H and O–H groups in total. The summed E-state index contributed by atoms with van der Waals surface area (Å²) < 4.78 is 0. The minimum atomic E-state index is 0.755. The minimum Gasteiger partial charge on any atom is -0.361 e. The molecule has 0 saturated heterocycles. The van der Waals surface area contributed by atoms with Crippen LogP contribution in [0.1, 0.15) is 37.1 Å². The van der Waals surface area contributed by atoms with Gasteiger partial charge in [0.15, 0.2) is 0 Å². The van der Waals surface area contributed by atoms with Crippen LogP contribution in [0.15, 0.2) is 12.3 Å². The van der Waals surface area contributed by atoms with Crippen molar-refractivity contribution in [2.75, 3.05) is 0 Å². The summed E-state index contributed by atoms with van der Waals surface area (Å²) in [5.41, 5.74) is 4.41. The first kappa shape index (κ1) is 8.61. The van der Waals surface area contributed by atoms with Crippen LogP contribution >= 0.6 is 0 Å². The zero-order valence-corrected chi connectivity index (χ0v) is 8.43. The van der Waals surface area contributed by atoms with Gasteiger partial charge in [0, 0.05) is 11.9 Å². The number of nitrogens with one attached hydrogen (secondary N) is 1. The Balaban J connectivity index is 2.27. The van der Waals surface area contributed by atoms with Crippen LogP contribution in [0.25, 0.3) is 6.08 Å². The van der Waals surface area contributed by atoms with Crippen molar-refractivity contribution in [1.29, 1.82) is 0 Å². The Morgan fingerprint density at radius 1 is 1.46 bits per heavy atom. The van der Waals surface area contributed by atoms with Gasteiger partial charge in [0.05, 0.1) is 0 Å². The first-order valence-electron chi connectivity index (χ1n) is 5.13. The zero-order chi connectivity index (χ0) is 9.26. The minimum absolute atomic E-state index is 0.755. The summed E-state index contributed by atoms with van der Waals surface area (Å²) in [5, 5.41) is 0. The smallest absolute Gasteiger partial charge is 0.0412 e. The van der Waals surface area contributed by atoms with Gasteiger partial charge in [0.1, 0.15) is 0 Å². The number of H-pyrrole nitrogens is 1. The fourth-order valence-corrected chi connectivity index (χ4v) is 2.01. The highest BCUT2D eigenvalue weighted by Gasteiger charge is 2.12. The summed E-state index contributed by atoms with van der Waals surface area (Å²) >= 11 is 0. The predicted octanol–water partition coefficient (Wildman–Crippen LogP) is 3.17. The lowest BCUT2D eigenvalue weighted by molar-refractivity contribution is 0.643. The van der Waals surface area contributed by atoms with E-state index in [-0.39, 0.29) is 0 Å². The second-order valence-electron chi connectivity index (χ2n) is 4.25. The fourth-order valence-electron chi connectivity index (χ4n) is 2.01. The van der Waals surface area contributed by atoms with Gasteiger partial charge in [0.2, 0.25) is 0 Å². The molecule has 0 saturated carbocycles. The van der Waals surface area contributed by atoms with Crippen LogP contribution in [0.3, 0.4) is 0 Å². The normalized spacial score (nSPS) is 15.0. The lowest BCUT2D eigenvalue weighted by Gasteiger charge is -2.09. The van der Waals surface area contributed by atoms with Crippen LogP contribution in [0, 0.1) is 5.92 Å². The van der Waals surface area contributed by atoms with Gasteiger partial charge in [-0.05, 0) is 42.4 Å². The van der Waals surface area contributed by atoms with E-state index in [4.69, 9.17) is 0 Å². The Bertz CT molecular complexity index is 318. The molecule has 1 nitrogen and oxygen atoms in total. The molecule has 0 aromatic carbocycles. The van der Waals surface area contributed by atoms with Crippen LogP contribution in [-0.2, 0) is 12.8 Å². The largest absolute Gasteiger partial charge is 0.361 e. The Kier molecular flexibility index (Phi) is 2.26. The molecule has 1 aliphatic carbocycles. The lowest BCUT2D eigenvalue weighted by Crippen LogP contribution is -1.99. The SMILES string of the molecule is CC(C)Cc1c[nH]c2c1CCC=C2. The van der Waals surface area contributed by atoms with Crippen molar-refractivity contribution < 1.29 is 0 Å². The molecule has 1 heterocycles. The highest BCUT2D eigenvalue weighted by atomic mass is 14.7. The molecule has 1 heteroatoms. The number of aromatic amines is 1. The second-order valence-corrected chi connectivity index (χ2v) is 4.25.